The summed E-state index contributed by atoms with van der Waals surface area (Å²) in [6.45, 7) is 5.36. The summed E-state index contributed by atoms with van der Waals surface area (Å²) in [6.07, 6.45) is 1.02. The van der Waals surface area contributed by atoms with Gasteiger partial charge in [0.05, 0.1) is 11.3 Å². The largest absolute Gasteiger partial charge is 0.370 e. The first-order chi connectivity index (χ1) is 12.5. The van der Waals surface area contributed by atoms with Gasteiger partial charge in [-0.1, -0.05) is 18.2 Å². The number of para-hydroxylation sites is 1. The van der Waals surface area contributed by atoms with Crippen LogP contribution in [0.25, 0.3) is 22.4 Å². The third-order valence-corrected chi connectivity index (χ3v) is 4.22. The van der Waals surface area contributed by atoms with Crippen LogP contribution < -0.4 is 5.32 Å². The molecule has 0 fully saturated rings. The maximum Gasteiger partial charge on any atom is 0.179 e. The van der Waals surface area contributed by atoms with Crippen molar-refractivity contribution in [2.45, 2.75) is 20.3 Å². The number of H-pyrrole nitrogens is 1. The van der Waals surface area contributed by atoms with Crippen LogP contribution in [0, 0.1) is 6.92 Å². The Morgan fingerprint density at radius 1 is 1.23 bits per heavy atom. The van der Waals surface area contributed by atoms with E-state index in [-0.39, 0.29) is 5.78 Å². The molecule has 1 aromatic carbocycles. The summed E-state index contributed by atoms with van der Waals surface area (Å²) in [7, 11) is 4.12. The molecule has 26 heavy (non-hydrogen) atoms. The van der Waals surface area contributed by atoms with Crippen molar-refractivity contribution in [1.29, 1.82) is 0 Å². The molecular formula is C20H25N5O. The minimum Gasteiger partial charge on any atom is -0.370 e. The number of carbonyl (C=O) groups is 1. The zero-order valence-corrected chi connectivity index (χ0v) is 15.8. The molecule has 3 aromatic rings. The molecule has 0 atom stereocenters. The number of nitrogens with one attached hydrogen (secondary N) is 2. The minimum atomic E-state index is 0.00282. The van der Waals surface area contributed by atoms with E-state index in [0.29, 0.717) is 17.1 Å². The fourth-order valence-corrected chi connectivity index (χ4v) is 3.06. The summed E-state index contributed by atoms with van der Waals surface area (Å²) < 4.78 is 0. The fourth-order valence-electron chi connectivity index (χ4n) is 3.06. The molecule has 0 bridgehead atoms. The molecule has 2 aromatic heterocycles. The van der Waals surface area contributed by atoms with Gasteiger partial charge in [-0.3, -0.25) is 4.79 Å². The summed E-state index contributed by atoms with van der Waals surface area (Å²) in [6, 6.07) is 9.71. The van der Waals surface area contributed by atoms with E-state index in [1.54, 1.807) is 6.92 Å². The van der Waals surface area contributed by atoms with E-state index in [4.69, 9.17) is 0 Å². The first-order valence-corrected chi connectivity index (χ1v) is 8.82. The van der Waals surface area contributed by atoms with Crippen LogP contribution in [-0.4, -0.2) is 52.8 Å². The van der Waals surface area contributed by atoms with Crippen molar-refractivity contribution in [3.8, 4) is 11.5 Å². The number of anilines is 1. The number of benzene rings is 1. The number of Topliss-reactive ketones (excluding diaryl/α,β-unsaturated/α-hetero) is 1. The zero-order chi connectivity index (χ0) is 18.7. The Bertz CT molecular complexity index is 929. The van der Waals surface area contributed by atoms with Crippen LogP contribution in [0.4, 0.5) is 5.82 Å². The lowest BCUT2D eigenvalue weighted by Gasteiger charge is -2.11. The van der Waals surface area contributed by atoms with Crippen LogP contribution >= 0.6 is 0 Å². The lowest BCUT2D eigenvalue weighted by atomic mass is 10.1. The van der Waals surface area contributed by atoms with Gasteiger partial charge in [0, 0.05) is 29.2 Å². The molecule has 136 valence electrons. The number of nitrogens with zero attached hydrogens (tertiary/aromatic N) is 3. The highest BCUT2D eigenvalue weighted by Gasteiger charge is 2.19. The predicted octanol–water partition coefficient (Wildman–Crippen LogP) is 3.50. The van der Waals surface area contributed by atoms with Crippen molar-refractivity contribution in [3.05, 3.63) is 41.6 Å². The molecule has 0 radical (unpaired) electrons. The van der Waals surface area contributed by atoms with Gasteiger partial charge in [-0.2, -0.15) is 0 Å². The number of ketones is 1. The molecule has 3 rings (SSSR count). The smallest absolute Gasteiger partial charge is 0.179 e. The molecule has 0 aliphatic rings. The van der Waals surface area contributed by atoms with E-state index in [1.165, 1.54) is 0 Å². The number of aromatic nitrogens is 3. The molecule has 6 heteroatoms. The quantitative estimate of drug-likeness (QED) is 0.503. The molecule has 2 heterocycles. The standard InChI is InChI=1S/C20H25N5O/c1-13-12-17(21-10-7-11-25(3)4)24-20(22-13)19-18(14(2)26)15-8-5-6-9-16(15)23-19/h5-6,8-9,12,23H,7,10-11H2,1-4H3,(H,21,22,24). The molecule has 2 N–H and O–H groups in total. The zero-order valence-electron chi connectivity index (χ0n) is 15.8. The van der Waals surface area contributed by atoms with E-state index in [1.807, 2.05) is 37.3 Å². The minimum absolute atomic E-state index is 0.00282. The van der Waals surface area contributed by atoms with Crippen molar-refractivity contribution in [2.24, 2.45) is 0 Å². The number of fused-ring (bicyclic) bond motifs is 1. The first kappa shape index (κ1) is 18.1. The van der Waals surface area contributed by atoms with Crippen LogP contribution in [0.3, 0.4) is 0 Å². The van der Waals surface area contributed by atoms with Gasteiger partial charge in [0.15, 0.2) is 11.6 Å². The van der Waals surface area contributed by atoms with Crippen LogP contribution in [0.2, 0.25) is 0 Å². The number of aryl methyl sites for hydroxylation is 1. The van der Waals surface area contributed by atoms with Gasteiger partial charge >= 0.3 is 0 Å². The lowest BCUT2D eigenvalue weighted by molar-refractivity contribution is 0.102. The van der Waals surface area contributed by atoms with E-state index < -0.39 is 0 Å². The van der Waals surface area contributed by atoms with Gasteiger partial charge in [0.1, 0.15) is 5.82 Å². The number of aromatic amines is 1. The molecule has 0 unspecified atom stereocenters. The summed E-state index contributed by atoms with van der Waals surface area (Å²) in [5, 5.41) is 4.26. The summed E-state index contributed by atoms with van der Waals surface area (Å²) in [5.74, 6) is 1.32. The topological polar surface area (TPSA) is 73.9 Å². The Morgan fingerprint density at radius 3 is 2.73 bits per heavy atom. The summed E-state index contributed by atoms with van der Waals surface area (Å²) in [4.78, 5) is 26.9. The van der Waals surface area contributed by atoms with E-state index in [0.717, 1.165) is 41.9 Å². The van der Waals surface area contributed by atoms with Gasteiger partial charge < -0.3 is 15.2 Å². The molecule has 0 saturated carbocycles. The van der Waals surface area contributed by atoms with Gasteiger partial charge in [-0.15, -0.1) is 0 Å². The average Bonchev–Trinajstić information content (AvgIpc) is 2.98. The Kier molecular flexibility index (Phi) is 5.32. The van der Waals surface area contributed by atoms with Crippen molar-refractivity contribution >= 4 is 22.5 Å². The SMILES string of the molecule is CC(=O)c1c(-c2nc(C)cc(NCCCN(C)C)n2)[nH]c2ccccc12. The maximum atomic E-state index is 12.3. The van der Waals surface area contributed by atoms with Gasteiger partial charge in [-0.25, -0.2) is 9.97 Å². The van der Waals surface area contributed by atoms with Gasteiger partial charge in [0.25, 0.3) is 0 Å². The molecule has 0 amide bonds. The Hall–Kier alpha value is -2.73. The normalized spacial score (nSPS) is 11.3. The maximum absolute atomic E-state index is 12.3. The highest BCUT2D eigenvalue weighted by molar-refractivity contribution is 6.11. The van der Waals surface area contributed by atoms with Gasteiger partial charge in [-0.05, 0) is 47.0 Å². The number of hydrogen-bond donors (Lipinski definition) is 2. The van der Waals surface area contributed by atoms with Crippen LogP contribution in [0.5, 0.6) is 0 Å². The van der Waals surface area contributed by atoms with Crippen molar-refractivity contribution in [3.63, 3.8) is 0 Å². The van der Waals surface area contributed by atoms with Crippen LogP contribution in [-0.2, 0) is 0 Å². The second kappa shape index (κ2) is 7.66. The number of rotatable bonds is 7. The molecular weight excluding hydrogens is 326 g/mol. The molecule has 0 aliphatic carbocycles. The monoisotopic (exact) mass is 351 g/mol. The summed E-state index contributed by atoms with van der Waals surface area (Å²) >= 11 is 0. The highest BCUT2D eigenvalue weighted by Crippen LogP contribution is 2.29. The predicted molar refractivity (Wildman–Crippen MR) is 106 cm³/mol. The number of carbonyl (C=O) groups excluding carboxylic acids is 1. The average molecular weight is 351 g/mol. The fraction of sp³-hybridized carbons (Fsp3) is 0.350. The van der Waals surface area contributed by atoms with E-state index in [2.05, 4.69) is 39.3 Å². The summed E-state index contributed by atoms with van der Waals surface area (Å²) in [5.41, 5.74) is 3.10. The second-order valence-electron chi connectivity index (χ2n) is 6.78. The molecule has 0 aliphatic heterocycles. The van der Waals surface area contributed by atoms with Gasteiger partial charge in [0.2, 0.25) is 0 Å². The Balaban J connectivity index is 1.95. The third kappa shape index (κ3) is 3.91. The van der Waals surface area contributed by atoms with Crippen molar-refractivity contribution in [1.82, 2.24) is 19.9 Å². The van der Waals surface area contributed by atoms with E-state index in [9.17, 15) is 4.79 Å². The first-order valence-electron chi connectivity index (χ1n) is 8.82. The Morgan fingerprint density at radius 2 is 2.00 bits per heavy atom. The van der Waals surface area contributed by atoms with Crippen molar-refractivity contribution < 1.29 is 4.79 Å². The molecule has 0 saturated heterocycles. The number of hydrogen-bond acceptors (Lipinski definition) is 5. The third-order valence-electron chi connectivity index (χ3n) is 4.22. The van der Waals surface area contributed by atoms with E-state index >= 15 is 0 Å². The molecule has 6 nitrogen and oxygen atoms in total. The van der Waals surface area contributed by atoms with Crippen LogP contribution in [0.15, 0.2) is 30.3 Å². The van der Waals surface area contributed by atoms with Crippen LogP contribution in [0.1, 0.15) is 29.4 Å². The highest BCUT2D eigenvalue weighted by atomic mass is 16.1. The second-order valence-corrected chi connectivity index (χ2v) is 6.78. The Labute approximate surface area is 153 Å². The van der Waals surface area contributed by atoms with Crippen molar-refractivity contribution in [2.75, 3.05) is 32.5 Å². The lowest BCUT2D eigenvalue weighted by Crippen LogP contribution is -2.16. The molecule has 0 spiro atoms.